The number of hydrogen-bond donors (Lipinski definition) is 1. The van der Waals surface area contributed by atoms with E-state index < -0.39 is 5.60 Å². The molecular weight excluding hydrogens is 283 g/mol. The maximum absolute atomic E-state index is 13.0. The van der Waals surface area contributed by atoms with Gasteiger partial charge in [0.05, 0.1) is 30.1 Å². The highest BCUT2D eigenvalue weighted by atomic mass is 35.5. The molecular formula is C14H16ClFN2O2. The van der Waals surface area contributed by atoms with E-state index in [1.165, 1.54) is 30.5 Å². The predicted molar refractivity (Wildman–Crippen MR) is 74.2 cm³/mol. The molecule has 108 valence electrons. The Bertz CT molecular complexity index is 581. The highest BCUT2D eigenvalue weighted by molar-refractivity contribution is 6.31. The average molecular weight is 299 g/mol. The number of aliphatic hydroxyl groups is 1. The zero-order chi connectivity index (χ0) is 14.8. The Morgan fingerprint density at radius 3 is 2.65 bits per heavy atom. The summed E-state index contributed by atoms with van der Waals surface area (Å²) in [4.78, 5) is 0. The number of ether oxygens (including phenoxy) is 1. The second-order valence-electron chi connectivity index (χ2n) is 4.64. The number of benzene rings is 1. The molecule has 4 nitrogen and oxygen atoms in total. The fraction of sp³-hybridized carbons (Fsp3) is 0.357. The maximum atomic E-state index is 13.0. The summed E-state index contributed by atoms with van der Waals surface area (Å²) in [6.45, 7) is 2.52. The summed E-state index contributed by atoms with van der Waals surface area (Å²) < 4.78 is 19.6. The predicted octanol–water partition coefficient (Wildman–Crippen LogP) is 2.58. The summed E-state index contributed by atoms with van der Waals surface area (Å²) in [6.07, 6.45) is 1.48. The van der Waals surface area contributed by atoms with Crippen LogP contribution in [0.1, 0.15) is 18.2 Å². The molecule has 0 spiro atoms. The highest BCUT2D eigenvalue weighted by Gasteiger charge is 2.32. The van der Waals surface area contributed by atoms with Crippen molar-refractivity contribution in [2.24, 2.45) is 0 Å². The molecule has 1 heterocycles. The van der Waals surface area contributed by atoms with Gasteiger partial charge in [0.1, 0.15) is 11.4 Å². The molecule has 0 radical (unpaired) electrons. The van der Waals surface area contributed by atoms with Crippen LogP contribution in [0.25, 0.3) is 0 Å². The molecule has 0 saturated carbocycles. The Morgan fingerprint density at radius 2 is 2.05 bits per heavy atom. The van der Waals surface area contributed by atoms with E-state index in [0.29, 0.717) is 29.4 Å². The lowest BCUT2D eigenvalue weighted by Gasteiger charge is -2.25. The minimum absolute atomic E-state index is 0.357. The summed E-state index contributed by atoms with van der Waals surface area (Å²) in [6, 6.07) is 5.65. The van der Waals surface area contributed by atoms with Crippen LogP contribution in [0.3, 0.4) is 0 Å². The third kappa shape index (κ3) is 2.85. The maximum Gasteiger partial charge on any atom is 0.130 e. The first-order valence-electron chi connectivity index (χ1n) is 6.16. The number of rotatable bonds is 5. The van der Waals surface area contributed by atoms with Gasteiger partial charge < -0.3 is 9.84 Å². The number of aromatic nitrogens is 2. The van der Waals surface area contributed by atoms with Crippen molar-refractivity contribution in [3.8, 4) is 0 Å². The van der Waals surface area contributed by atoms with Crippen molar-refractivity contribution in [3.05, 3.63) is 52.6 Å². The van der Waals surface area contributed by atoms with Gasteiger partial charge in [-0.25, -0.2) is 4.39 Å². The van der Waals surface area contributed by atoms with Crippen molar-refractivity contribution in [1.29, 1.82) is 0 Å². The van der Waals surface area contributed by atoms with Crippen LogP contribution >= 0.6 is 11.6 Å². The molecule has 0 saturated heterocycles. The van der Waals surface area contributed by atoms with Crippen LogP contribution < -0.4 is 0 Å². The van der Waals surface area contributed by atoms with Gasteiger partial charge in [0, 0.05) is 7.11 Å². The Balaban J connectivity index is 2.42. The normalized spacial score (nSPS) is 14.2. The summed E-state index contributed by atoms with van der Waals surface area (Å²) in [5.74, 6) is -0.358. The van der Waals surface area contributed by atoms with E-state index in [2.05, 4.69) is 5.10 Å². The van der Waals surface area contributed by atoms with Gasteiger partial charge in [-0.1, -0.05) is 23.7 Å². The molecule has 2 aromatic rings. The second-order valence-corrected chi connectivity index (χ2v) is 5.04. The van der Waals surface area contributed by atoms with Crippen molar-refractivity contribution in [2.75, 3.05) is 13.7 Å². The van der Waals surface area contributed by atoms with E-state index in [9.17, 15) is 9.50 Å². The Hall–Kier alpha value is -1.43. The van der Waals surface area contributed by atoms with Crippen LogP contribution in [0.5, 0.6) is 0 Å². The quantitative estimate of drug-likeness (QED) is 0.923. The van der Waals surface area contributed by atoms with Gasteiger partial charge in [-0.05, 0) is 24.6 Å². The van der Waals surface area contributed by atoms with Gasteiger partial charge in [-0.2, -0.15) is 5.10 Å². The van der Waals surface area contributed by atoms with Crippen molar-refractivity contribution in [1.82, 2.24) is 9.78 Å². The van der Waals surface area contributed by atoms with Gasteiger partial charge in [0.15, 0.2) is 0 Å². The number of nitrogens with zero attached hydrogens (tertiary/aromatic N) is 2. The van der Waals surface area contributed by atoms with E-state index >= 15 is 0 Å². The first kappa shape index (κ1) is 15.0. The van der Waals surface area contributed by atoms with Crippen LogP contribution in [0, 0.1) is 5.82 Å². The first-order chi connectivity index (χ1) is 9.46. The minimum atomic E-state index is -1.37. The Kier molecular flexibility index (Phi) is 4.42. The summed E-state index contributed by atoms with van der Waals surface area (Å²) in [7, 11) is 1.59. The molecule has 20 heavy (non-hydrogen) atoms. The topological polar surface area (TPSA) is 47.3 Å². The molecule has 0 bridgehead atoms. The zero-order valence-corrected chi connectivity index (χ0v) is 12.1. The standard InChI is InChI=1S/C14H16ClFN2O2/c1-14(19,10-3-5-11(16)6-4-10)13-12(15)9-17-18(13)7-8-20-2/h3-6,9,19H,7-8H2,1-2H3. The van der Waals surface area contributed by atoms with E-state index in [1.54, 1.807) is 18.7 Å². The molecule has 0 aliphatic heterocycles. The van der Waals surface area contributed by atoms with E-state index in [-0.39, 0.29) is 5.82 Å². The molecule has 6 heteroatoms. The zero-order valence-electron chi connectivity index (χ0n) is 11.3. The van der Waals surface area contributed by atoms with Crippen LogP contribution in [-0.2, 0) is 16.9 Å². The van der Waals surface area contributed by atoms with Gasteiger partial charge in [0.25, 0.3) is 0 Å². The van der Waals surface area contributed by atoms with Gasteiger partial charge in [-0.15, -0.1) is 0 Å². The van der Waals surface area contributed by atoms with Crippen LogP contribution in [0.4, 0.5) is 4.39 Å². The lowest BCUT2D eigenvalue weighted by molar-refractivity contribution is 0.0883. The monoisotopic (exact) mass is 298 g/mol. The van der Waals surface area contributed by atoms with Crippen molar-refractivity contribution in [2.45, 2.75) is 19.1 Å². The summed E-state index contributed by atoms with van der Waals surface area (Å²) in [5, 5.41) is 15.3. The van der Waals surface area contributed by atoms with Gasteiger partial charge in [0.2, 0.25) is 0 Å². The third-order valence-corrected chi connectivity index (χ3v) is 3.45. The SMILES string of the molecule is COCCn1ncc(Cl)c1C(C)(O)c1ccc(F)cc1. The van der Waals surface area contributed by atoms with Crippen LogP contribution in [0.2, 0.25) is 5.02 Å². The Labute approximate surface area is 121 Å². The fourth-order valence-corrected chi connectivity index (χ4v) is 2.43. The lowest BCUT2D eigenvalue weighted by atomic mass is 9.92. The minimum Gasteiger partial charge on any atom is -0.383 e. The summed E-state index contributed by atoms with van der Waals surface area (Å²) in [5.41, 5.74) is -0.363. The highest BCUT2D eigenvalue weighted by Crippen LogP contribution is 2.33. The molecule has 1 aromatic heterocycles. The molecule has 2 rings (SSSR count). The van der Waals surface area contributed by atoms with Crippen molar-refractivity contribution in [3.63, 3.8) is 0 Å². The van der Waals surface area contributed by atoms with E-state index in [1.807, 2.05) is 0 Å². The first-order valence-corrected chi connectivity index (χ1v) is 6.53. The number of methoxy groups -OCH3 is 1. The fourth-order valence-electron chi connectivity index (χ4n) is 2.10. The van der Waals surface area contributed by atoms with Crippen LogP contribution in [-0.4, -0.2) is 28.6 Å². The molecule has 1 atom stereocenters. The second kappa shape index (κ2) is 5.91. The van der Waals surface area contributed by atoms with Gasteiger partial charge in [-0.3, -0.25) is 4.68 Å². The van der Waals surface area contributed by atoms with Crippen molar-refractivity contribution < 1.29 is 14.2 Å². The Morgan fingerprint density at radius 1 is 1.40 bits per heavy atom. The third-order valence-electron chi connectivity index (χ3n) is 3.17. The summed E-state index contributed by atoms with van der Waals surface area (Å²) >= 11 is 6.13. The molecule has 1 aromatic carbocycles. The van der Waals surface area contributed by atoms with Crippen LogP contribution in [0.15, 0.2) is 30.5 Å². The smallest absolute Gasteiger partial charge is 0.130 e. The van der Waals surface area contributed by atoms with E-state index in [0.717, 1.165) is 0 Å². The molecule has 0 amide bonds. The molecule has 0 aliphatic rings. The van der Waals surface area contributed by atoms with E-state index in [4.69, 9.17) is 16.3 Å². The molecule has 0 fully saturated rings. The molecule has 1 N–H and O–H groups in total. The average Bonchev–Trinajstić information content (AvgIpc) is 2.78. The number of halogens is 2. The van der Waals surface area contributed by atoms with Crippen molar-refractivity contribution >= 4 is 11.6 Å². The van der Waals surface area contributed by atoms with Gasteiger partial charge >= 0.3 is 0 Å². The largest absolute Gasteiger partial charge is 0.383 e. The lowest BCUT2D eigenvalue weighted by Crippen LogP contribution is -2.28. The molecule has 1 unspecified atom stereocenters. The number of hydrogen-bond acceptors (Lipinski definition) is 3. The molecule has 0 aliphatic carbocycles.